The Labute approximate surface area is 121 Å². The molecule has 0 saturated carbocycles. The molecule has 1 fully saturated rings. The Hall–Kier alpha value is -2.02. The molecule has 1 aromatic rings. The third-order valence-electron chi connectivity index (χ3n) is 2.97. The van der Waals surface area contributed by atoms with E-state index < -0.39 is 4.92 Å². The van der Waals surface area contributed by atoms with Crippen LogP contribution in [-0.2, 0) is 4.79 Å². The van der Waals surface area contributed by atoms with Gasteiger partial charge in [-0.05, 0) is 23.9 Å². The minimum atomic E-state index is -0.426. The van der Waals surface area contributed by atoms with Crippen molar-refractivity contribution in [1.29, 1.82) is 0 Å². The van der Waals surface area contributed by atoms with E-state index in [0.717, 1.165) is 16.7 Å². The van der Waals surface area contributed by atoms with Gasteiger partial charge in [-0.2, -0.15) is 0 Å². The molecule has 0 aliphatic carbocycles. The fourth-order valence-electron chi connectivity index (χ4n) is 2.02. The summed E-state index contributed by atoms with van der Waals surface area (Å²) in [4.78, 5) is 26.5. The van der Waals surface area contributed by atoms with Gasteiger partial charge in [0.15, 0.2) is 5.82 Å². The summed E-state index contributed by atoms with van der Waals surface area (Å²) in [6.45, 7) is 2.50. The average Bonchev–Trinajstić information content (AvgIpc) is 2.79. The van der Waals surface area contributed by atoms with Gasteiger partial charge in [-0.3, -0.25) is 19.8 Å². The maximum atomic E-state index is 11.6. The van der Waals surface area contributed by atoms with Crippen LogP contribution in [0, 0.1) is 10.1 Å². The number of amides is 1. The lowest BCUT2D eigenvalue weighted by atomic mass is 10.4. The second kappa shape index (κ2) is 5.96. The summed E-state index contributed by atoms with van der Waals surface area (Å²) < 4.78 is 0. The molecular weight excluding hydrogens is 278 g/mol. The summed E-state index contributed by atoms with van der Waals surface area (Å²) in [5.74, 6) is 0.189. The number of carbonyl (C=O) groups excluding carboxylic acids is 1. The Bertz CT molecular complexity index is 559. The number of likely N-dealkylation sites (N-methyl/N-ethyl adjacent to an activating group) is 1. The van der Waals surface area contributed by atoms with E-state index in [0.29, 0.717) is 18.9 Å². The van der Waals surface area contributed by atoms with Gasteiger partial charge in [0.25, 0.3) is 0 Å². The topological polar surface area (TPSA) is 66.7 Å². The molecule has 20 heavy (non-hydrogen) atoms. The van der Waals surface area contributed by atoms with Crippen LogP contribution in [0.25, 0.3) is 0 Å². The summed E-state index contributed by atoms with van der Waals surface area (Å²) >= 11 is 1.06. The summed E-state index contributed by atoms with van der Waals surface area (Å²) in [7, 11) is 1.76. The van der Waals surface area contributed by atoms with Crippen LogP contribution in [0.1, 0.15) is 6.92 Å². The molecule has 0 atom stereocenters. The summed E-state index contributed by atoms with van der Waals surface area (Å²) in [6, 6.07) is 9.12. The predicted molar refractivity (Wildman–Crippen MR) is 76.3 cm³/mol. The van der Waals surface area contributed by atoms with Crippen molar-refractivity contribution in [2.45, 2.75) is 11.8 Å². The molecule has 1 aliphatic rings. The van der Waals surface area contributed by atoms with Crippen molar-refractivity contribution >= 4 is 17.7 Å². The van der Waals surface area contributed by atoms with Gasteiger partial charge < -0.3 is 4.90 Å². The molecule has 1 amide bonds. The second-order valence-corrected chi connectivity index (χ2v) is 5.46. The van der Waals surface area contributed by atoms with Crippen LogP contribution in [0.3, 0.4) is 0 Å². The lowest BCUT2D eigenvalue weighted by Crippen LogP contribution is -2.28. The number of benzene rings is 1. The van der Waals surface area contributed by atoms with E-state index in [2.05, 4.69) is 0 Å². The van der Waals surface area contributed by atoms with Crippen LogP contribution in [0.4, 0.5) is 0 Å². The number of nitrogens with zero attached hydrogens (tertiary/aromatic N) is 3. The molecule has 1 aliphatic heterocycles. The number of thioether (sulfide) groups is 1. The molecule has 2 rings (SSSR count). The number of nitro groups is 1. The van der Waals surface area contributed by atoms with Crippen molar-refractivity contribution in [3.05, 3.63) is 51.3 Å². The van der Waals surface area contributed by atoms with Gasteiger partial charge >= 0.3 is 5.03 Å². The fourth-order valence-corrected chi connectivity index (χ4v) is 2.97. The van der Waals surface area contributed by atoms with Crippen molar-refractivity contribution in [2.24, 2.45) is 0 Å². The maximum Gasteiger partial charge on any atom is 0.348 e. The SMILES string of the molecule is CC(=O)N1CCN(C)/C1=C(/Sc1ccccc1)[N+](=O)[O-]. The molecule has 0 aromatic heterocycles. The van der Waals surface area contributed by atoms with E-state index in [1.165, 1.54) is 11.8 Å². The van der Waals surface area contributed by atoms with Crippen molar-refractivity contribution in [3.8, 4) is 0 Å². The van der Waals surface area contributed by atoms with E-state index in [9.17, 15) is 14.9 Å². The Morgan fingerprint density at radius 3 is 2.50 bits per heavy atom. The molecule has 0 unspecified atom stereocenters. The fraction of sp³-hybridized carbons (Fsp3) is 0.308. The highest BCUT2D eigenvalue weighted by atomic mass is 32.2. The molecule has 1 heterocycles. The molecule has 0 spiro atoms. The van der Waals surface area contributed by atoms with E-state index in [1.54, 1.807) is 11.9 Å². The van der Waals surface area contributed by atoms with E-state index in [4.69, 9.17) is 0 Å². The van der Waals surface area contributed by atoms with Crippen LogP contribution in [0.5, 0.6) is 0 Å². The molecule has 1 aromatic carbocycles. The Balaban J connectivity index is 2.42. The monoisotopic (exact) mass is 293 g/mol. The van der Waals surface area contributed by atoms with Gasteiger partial charge in [0.2, 0.25) is 5.91 Å². The van der Waals surface area contributed by atoms with E-state index >= 15 is 0 Å². The van der Waals surface area contributed by atoms with Gasteiger partial charge in [-0.15, -0.1) is 0 Å². The first kappa shape index (κ1) is 14.4. The Kier molecular flexibility index (Phi) is 4.29. The van der Waals surface area contributed by atoms with Crippen LogP contribution >= 0.6 is 11.8 Å². The smallest absolute Gasteiger partial charge is 0.348 e. The van der Waals surface area contributed by atoms with Crippen molar-refractivity contribution in [2.75, 3.05) is 20.1 Å². The number of rotatable bonds is 3. The highest BCUT2D eigenvalue weighted by Gasteiger charge is 2.34. The first-order valence-electron chi connectivity index (χ1n) is 6.11. The highest BCUT2D eigenvalue weighted by molar-refractivity contribution is 8.02. The summed E-state index contributed by atoms with van der Waals surface area (Å²) in [5, 5.41) is 11.3. The van der Waals surface area contributed by atoms with Crippen LogP contribution in [0.2, 0.25) is 0 Å². The molecule has 6 nitrogen and oxygen atoms in total. The normalized spacial score (nSPS) is 17.3. The highest BCUT2D eigenvalue weighted by Crippen LogP contribution is 2.33. The minimum absolute atomic E-state index is 0.0219. The Morgan fingerprint density at radius 1 is 1.30 bits per heavy atom. The maximum absolute atomic E-state index is 11.6. The molecule has 7 heteroatoms. The molecule has 106 valence electrons. The zero-order chi connectivity index (χ0) is 14.7. The third kappa shape index (κ3) is 2.93. The van der Waals surface area contributed by atoms with Gasteiger partial charge in [0, 0.05) is 32.0 Å². The first-order valence-corrected chi connectivity index (χ1v) is 6.93. The second-order valence-electron chi connectivity index (χ2n) is 4.39. The van der Waals surface area contributed by atoms with E-state index in [1.807, 2.05) is 30.3 Å². The largest absolute Gasteiger partial charge is 0.353 e. The van der Waals surface area contributed by atoms with Gasteiger partial charge in [-0.25, -0.2) is 0 Å². The molecule has 0 radical (unpaired) electrons. The molecule has 1 saturated heterocycles. The molecular formula is C13H15N3O3S. The lowest BCUT2D eigenvalue weighted by Gasteiger charge is -2.18. The molecule has 0 bridgehead atoms. The molecule has 0 N–H and O–H groups in total. The van der Waals surface area contributed by atoms with Gasteiger partial charge in [0.05, 0.1) is 4.92 Å². The lowest BCUT2D eigenvalue weighted by molar-refractivity contribution is -0.413. The van der Waals surface area contributed by atoms with Crippen LogP contribution in [-0.4, -0.2) is 40.8 Å². The minimum Gasteiger partial charge on any atom is -0.353 e. The van der Waals surface area contributed by atoms with Crippen molar-refractivity contribution in [1.82, 2.24) is 9.80 Å². The van der Waals surface area contributed by atoms with E-state index in [-0.39, 0.29) is 10.9 Å². The standard InChI is InChI=1S/C13H15N3O3S/c1-10(17)15-9-8-14(2)12(15)13(16(18)19)20-11-6-4-3-5-7-11/h3-7H,8-9H2,1-2H3/b13-12-. The van der Waals surface area contributed by atoms with Crippen molar-refractivity contribution in [3.63, 3.8) is 0 Å². The van der Waals surface area contributed by atoms with Crippen LogP contribution < -0.4 is 0 Å². The predicted octanol–water partition coefficient (Wildman–Crippen LogP) is 1.98. The summed E-state index contributed by atoms with van der Waals surface area (Å²) in [6.07, 6.45) is 0. The average molecular weight is 293 g/mol. The zero-order valence-electron chi connectivity index (χ0n) is 11.3. The zero-order valence-corrected chi connectivity index (χ0v) is 12.1. The Morgan fingerprint density at radius 2 is 1.95 bits per heavy atom. The first-order chi connectivity index (χ1) is 9.50. The number of hydrogen-bond acceptors (Lipinski definition) is 5. The van der Waals surface area contributed by atoms with Gasteiger partial charge in [-0.1, -0.05) is 18.2 Å². The summed E-state index contributed by atoms with van der Waals surface area (Å²) in [5.41, 5.74) is 0. The van der Waals surface area contributed by atoms with Crippen LogP contribution in [0.15, 0.2) is 46.1 Å². The number of carbonyl (C=O) groups is 1. The third-order valence-corrected chi connectivity index (χ3v) is 4.00. The van der Waals surface area contributed by atoms with Gasteiger partial charge in [0.1, 0.15) is 0 Å². The quantitative estimate of drug-likeness (QED) is 0.484. The van der Waals surface area contributed by atoms with Crippen molar-refractivity contribution < 1.29 is 9.72 Å². The number of hydrogen-bond donors (Lipinski definition) is 0.